The number of nitrogens with zero attached hydrogens (tertiary/aromatic N) is 1. The number of carbonyl (C=O) groups is 1. The third kappa shape index (κ3) is 2.19. The summed E-state index contributed by atoms with van der Waals surface area (Å²) in [5, 5.41) is 0. The lowest BCUT2D eigenvalue weighted by molar-refractivity contribution is -0.171. The zero-order chi connectivity index (χ0) is 13.5. The minimum Gasteiger partial charge on any atom is -0.302 e. The standard InChI is InChI=1S/C12H11F4NO/c1-7-2-3-8-6-9(13)4-5-10(8)17(7)11(18)12(14,15)16/h4-7H,2-3H2,1H3/t7-/m0/s1. The van der Waals surface area contributed by atoms with Gasteiger partial charge in [0.15, 0.2) is 0 Å². The van der Waals surface area contributed by atoms with Gasteiger partial charge in [-0.3, -0.25) is 4.79 Å². The topological polar surface area (TPSA) is 20.3 Å². The summed E-state index contributed by atoms with van der Waals surface area (Å²) in [6.07, 6.45) is -4.06. The Morgan fingerprint density at radius 2 is 2.06 bits per heavy atom. The molecule has 0 N–H and O–H groups in total. The molecule has 1 aliphatic rings. The molecule has 0 saturated carbocycles. The van der Waals surface area contributed by atoms with Crippen LogP contribution < -0.4 is 4.90 Å². The lowest BCUT2D eigenvalue weighted by Gasteiger charge is -2.35. The molecule has 1 aromatic rings. The van der Waals surface area contributed by atoms with E-state index >= 15 is 0 Å². The Balaban J connectivity index is 2.46. The van der Waals surface area contributed by atoms with Crippen molar-refractivity contribution < 1.29 is 22.4 Å². The predicted molar refractivity (Wildman–Crippen MR) is 57.7 cm³/mol. The van der Waals surface area contributed by atoms with E-state index in [9.17, 15) is 22.4 Å². The average Bonchev–Trinajstić information content (AvgIpc) is 2.27. The maximum absolute atomic E-state index is 13.0. The summed E-state index contributed by atoms with van der Waals surface area (Å²) in [5.74, 6) is -2.41. The number of rotatable bonds is 0. The molecule has 0 spiro atoms. The van der Waals surface area contributed by atoms with Gasteiger partial charge in [0.1, 0.15) is 5.82 Å². The number of hydrogen-bond donors (Lipinski definition) is 0. The Bertz CT molecular complexity index is 483. The van der Waals surface area contributed by atoms with Crippen molar-refractivity contribution in [1.82, 2.24) is 0 Å². The molecule has 0 aliphatic carbocycles. The van der Waals surface area contributed by atoms with Crippen LogP contribution in [0.15, 0.2) is 18.2 Å². The second-order valence-electron chi connectivity index (χ2n) is 4.33. The van der Waals surface area contributed by atoms with Gasteiger partial charge < -0.3 is 4.90 Å². The van der Waals surface area contributed by atoms with E-state index in [0.29, 0.717) is 23.3 Å². The Morgan fingerprint density at radius 1 is 1.39 bits per heavy atom. The van der Waals surface area contributed by atoms with Gasteiger partial charge >= 0.3 is 12.1 Å². The second-order valence-corrected chi connectivity index (χ2v) is 4.33. The van der Waals surface area contributed by atoms with Crippen LogP contribution in [0, 0.1) is 5.82 Å². The lowest BCUT2D eigenvalue weighted by atomic mass is 9.96. The maximum Gasteiger partial charge on any atom is 0.471 e. The van der Waals surface area contributed by atoms with Crippen molar-refractivity contribution in [3.05, 3.63) is 29.6 Å². The first-order valence-electron chi connectivity index (χ1n) is 5.49. The largest absolute Gasteiger partial charge is 0.471 e. The summed E-state index contributed by atoms with van der Waals surface area (Å²) in [6.45, 7) is 1.55. The Kier molecular flexibility index (Phi) is 3.04. The number of carbonyl (C=O) groups excluding carboxylic acids is 1. The van der Waals surface area contributed by atoms with Gasteiger partial charge in [0.05, 0.1) is 0 Å². The first-order valence-corrected chi connectivity index (χ1v) is 5.49. The third-order valence-electron chi connectivity index (χ3n) is 3.03. The van der Waals surface area contributed by atoms with Crippen LogP contribution in [-0.2, 0) is 11.2 Å². The van der Waals surface area contributed by atoms with Crippen LogP contribution in [0.25, 0.3) is 0 Å². The van der Waals surface area contributed by atoms with Crippen LogP contribution in [0.2, 0.25) is 0 Å². The van der Waals surface area contributed by atoms with E-state index in [1.54, 1.807) is 6.92 Å². The highest BCUT2D eigenvalue weighted by molar-refractivity contribution is 5.98. The molecule has 1 aliphatic heterocycles. The van der Waals surface area contributed by atoms with Gasteiger partial charge in [0, 0.05) is 11.7 Å². The molecule has 2 rings (SSSR count). The normalized spacial score (nSPS) is 19.6. The molecule has 1 heterocycles. The van der Waals surface area contributed by atoms with Gasteiger partial charge in [-0.25, -0.2) is 4.39 Å². The Labute approximate surface area is 101 Å². The summed E-state index contributed by atoms with van der Waals surface area (Å²) in [5.41, 5.74) is 0.586. The Morgan fingerprint density at radius 3 is 2.67 bits per heavy atom. The van der Waals surface area contributed by atoms with Gasteiger partial charge in [-0.1, -0.05) is 0 Å². The van der Waals surface area contributed by atoms with E-state index in [1.807, 2.05) is 0 Å². The fourth-order valence-electron chi connectivity index (χ4n) is 2.17. The molecule has 0 fully saturated rings. The monoisotopic (exact) mass is 261 g/mol. The molecular formula is C12H11F4NO. The molecule has 0 aromatic heterocycles. The molecule has 0 unspecified atom stereocenters. The summed E-state index contributed by atoms with van der Waals surface area (Å²) in [4.78, 5) is 12.1. The molecule has 1 atom stereocenters. The zero-order valence-electron chi connectivity index (χ0n) is 9.59. The minimum absolute atomic E-state index is 0.150. The highest BCUT2D eigenvalue weighted by Gasteiger charge is 2.45. The summed E-state index contributed by atoms with van der Waals surface area (Å²) in [6, 6.07) is 2.92. The van der Waals surface area contributed by atoms with Gasteiger partial charge in [0.2, 0.25) is 0 Å². The molecular weight excluding hydrogens is 250 g/mol. The van der Waals surface area contributed by atoms with E-state index in [1.165, 1.54) is 12.1 Å². The summed E-state index contributed by atoms with van der Waals surface area (Å²) < 4.78 is 50.6. The number of halogens is 4. The van der Waals surface area contributed by atoms with E-state index in [4.69, 9.17) is 0 Å². The van der Waals surface area contributed by atoms with Crippen LogP contribution >= 0.6 is 0 Å². The molecule has 0 saturated heterocycles. The average molecular weight is 261 g/mol. The smallest absolute Gasteiger partial charge is 0.302 e. The van der Waals surface area contributed by atoms with Crippen LogP contribution in [0.1, 0.15) is 18.9 Å². The predicted octanol–water partition coefficient (Wildman–Crippen LogP) is 3.06. The fraction of sp³-hybridized carbons (Fsp3) is 0.417. The number of anilines is 1. The quantitative estimate of drug-likeness (QED) is 0.657. The molecule has 2 nitrogen and oxygen atoms in total. The van der Waals surface area contributed by atoms with Crippen molar-refractivity contribution >= 4 is 11.6 Å². The van der Waals surface area contributed by atoms with Crippen LogP contribution in [0.3, 0.4) is 0 Å². The van der Waals surface area contributed by atoms with Crippen LogP contribution in [-0.4, -0.2) is 18.1 Å². The van der Waals surface area contributed by atoms with E-state index in [-0.39, 0.29) is 5.69 Å². The first-order chi connectivity index (χ1) is 8.30. The third-order valence-corrected chi connectivity index (χ3v) is 3.03. The van der Waals surface area contributed by atoms with Crippen LogP contribution in [0.4, 0.5) is 23.2 Å². The molecule has 18 heavy (non-hydrogen) atoms. The SMILES string of the molecule is C[C@H]1CCc2cc(F)ccc2N1C(=O)C(F)(F)F. The van der Waals surface area contributed by atoms with Gasteiger partial charge in [-0.15, -0.1) is 0 Å². The number of benzene rings is 1. The van der Waals surface area contributed by atoms with Gasteiger partial charge in [-0.05, 0) is 43.5 Å². The molecule has 0 radical (unpaired) electrons. The number of amides is 1. The molecule has 1 aromatic carbocycles. The fourth-order valence-corrected chi connectivity index (χ4v) is 2.17. The molecule has 6 heteroatoms. The minimum atomic E-state index is -4.92. The summed E-state index contributed by atoms with van der Waals surface area (Å²) >= 11 is 0. The highest BCUT2D eigenvalue weighted by atomic mass is 19.4. The number of alkyl halides is 3. The highest BCUT2D eigenvalue weighted by Crippen LogP contribution is 2.34. The van der Waals surface area contributed by atoms with Crippen molar-refractivity contribution in [2.24, 2.45) is 0 Å². The number of fused-ring (bicyclic) bond motifs is 1. The van der Waals surface area contributed by atoms with Crippen LogP contribution in [0.5, 0.6) is 0 Å². The molecule has 98 valence electrons. The van der Waals surface area contributed by atoms with E-state index in [2.05, 4.69) is 0 Å². The second kappa shape index (κ2) is 4.26. The Hall–Kier alpha value is -1.59. The molecule has 1 amide bonds. The first kappa shape index (κ1) is 12.9. The zero-order valence-corrected chi connectivity index (χ0v) is 9.59. The summed E-state index contributed by atoms with van der Waals surface area (Å²) in [7, 11) is 0. The number of aryl methyl sites for hydroxylation is 1. The lowest BCUT2D eigenvalue weighted by Crippen LogP contribution is -2.48. The van der Waals surface area contributed by atoms with Crippen molar-refractivity contribution in [2.75, 3.05) is 4.90 Å². The van der Waals surface area contributed by atoms with Crippen molar-refractivity contribution in [2.45, 2.75) is 32.0 Å². The van der Waals surface area contributed by atoms with E-state index in [0.717, 1.165) is 6.07 Å². The van der Waals surface area contributed by atoms with Crippen molar-refractivity contribution in [1.29, 1.82) is 0 Å². The molecule has 0 bridgehead atoms. The van der Waals surface area contributed by atoms with Gasteiger partial charge in [-0.2, -0.15) is 13.2 Å². The van der Waals surface area contributed by atoms with Crippen molar-refractivity contribution in [3.8, 4) is 0 Å². The van der Waals surface area contributed by atoms with E-state index < -0.39 is 23.9 Å². The maximum atomic E-state index is 13.0. The van der Waals surface area contributed by atoms with Gasteiger partial charge in [0.25, 0.3) is 0 Å². The number of hydrogen-bond acceptors (Lipinski definition) is 1. The van der Waals surface area contributed by atoms with Crippen molar-refractivity contribution in [3.63, 3.8) is 0 Å².